The molecule has 0 aromatic carbocycles. The van der Waals surface area contributed by atoms with Crippen molar-refractivity contribution in [2.45, 2.75) is 49.7 Å². The molecule has 7 N–H and O–H groups in total. The molecule has 192 valence electrons. The summed E-state index contributed by atoms with van der Waals surface area (Å²) in [5.74, 6) is 1.43. The maximum atomic E-state index is 11.5. The first kappa shape index (κ1) is 25.4. The van der Waals surface area contributed by atoms with E-state index in [-0.39, 0.29) is 35.9 Å². The van der Waals surface area contributed by atoms with Gasteiger partial charge in [0.15, 0.2) is 23.1 Å². The van der Waals surface area contributed by atoms with E-state index in [0.29, 0.717) is 11.2 Å². The summed E-state index contributed by atoms with van der Waals surface area (Å²) in [6.45, 7) is -0.450. The number of fused-ring (bicyclic) bond motifs is 1. The third-order valence-electron chi connectivity index (χ3n) is 5.92. The van der Waals surface area contributed by atoms with Gasteiger partial charge in [0.05, 0.1) is 38.3 Å². The Morgan fingerprint density at radius 2 is 1.89 bits per heavy atom. The van der Waals surface area contributed by atoms with Gasteiger partial charge in [-0.05, 0) is 18.8 Å². The van der Waals surface area contributed by atoms with E-state index >= 15 is 0 Å². The van der Waals surface area contributed by atoms with Crippen molar-refractivity contribution in [3.8, 4) is 12.3 Å². The van der Waals surface area contributed by atoms with Crippen molar-refractivity contribution in [1.82, 2.24) is 29.1 Å². The maximum Gasteiger partial charge on any atom is 0.278 e. The van der Waals surface area contributed by atoms with E-state index in [0.717, 1.165) is 12.8 Å². The third-order valence-corrected chi connectivity index (χ3v) is 5.92. The van der Waals surface area contributed by atoms with Gasteiger partial charge >= 0.3 is 0 Å². The van der Waals surface area contributed by atoms with Gasteiger partial charge in [-0.1, -0.05) is 0 Å². The van der Waals surface area contributed by atoms with Crippen LogP contribution in [0.2, 0.25) is 0 Å². The Morgan fingerprint density at radius 3 is 2.50 bits per heavy atom. The molecule has 15 nitrogen and oxygen atoms in total. The molecule has 2 saturated heterocycles. The zero-order valence-electron chi connectivity index (χ0n) is 18.8. The number of carbonyl (C=O) groups is 1. The SMILES string of the molecule is C#Cc1c(C(N)=O)ncn1[C@@H]1O[C@H](CO)[C@@H](O)[C@H]1O.O=c1[nH]cnc2c1ncn2[C@H]1CC[C@@H](CO)O1. The van der Waals surface area contributed by atoms with Gasteiger partial charge in [-0.2, -0.15) is 0 Å². The number of nitrogens with zero attached hydrogens (tertiary/aromatic N) is 5. The Bertz CT molecular complexity index is 1330. The first-order valence-corrected chi connectivity index (χ1v) is 10.9. The van der Waals surface area contributed by atoms with Crippen LogP contribution in [0.5, 0.6) is 0 Å². The molecule has 5 rings (SSSR count). The number of aliphatic hydroxyl groups excluding tert-OH is 4. The summed E-state index contributed by atoms with van der Waals surface area (Å²) in [5.41, 5.74) is 5.60. The fourth-order valence-electron chi connectivity index (χ4n) is 4.09. The van der Waals surface area contributed by atoms with E-state index in [1.54, 1.807) is 10.9 Å². The predicted molar refractivity (Wildman–Crippen MR) is 120 cm³/mol. The molecule has 0 bridgehead atoms. The maximum absolute atomic E-state index is 11.5. The molecule has 0 aliphatic carbocycles. The fourth-order valence-corrected chi connectivity index (χ4v) is 4.09. The van der Waals surface area contributed by atoms with Crippen molar-refractivity contribution in [3.05, 3.63) is 40.7 Å². The highest BCUT2D eigenvalue weighted by Crippen LogP contribution is 2.31. The van der Waals surface area contributed by atoms with E-state index in [2.05, 4.69) is 25.9 Å². The molecule has 5 heterocycles. The number of hydrogen-bond acceptors (Lipinski definition) is 11. The average molecular weight is 503 g/mol. The molecular weight excluding hydrogens is 478 g/mol. The minimum atomic E-state index is -1.31. The molecule has 36 heavy (non-hydrogen) atoms. The number of ether oxygens (including phenoxy) is 2. The lowest BCUT2D eigenvalue weighted by atomic mass is 10.1. The second kappa shape index (κ2) is 10.5. The van der Waals surface area contributed by atoms with Crippen molar-refractivity contribution < 1.29 is 34.7 Å². The van der Waals surface area contributed by atoms with Gasteiger partial charge in [0.1, 0.15) is 30.2 Å². The zero-order valence-corrected chi connectivity index (χ0v) is 18.8. The Kier molecular flexibility index (Phi) is 7.45. The summed E-state index contributed by atoms with van der Waals surface area (Å²) >= 11 is 0. The normalized spacial score (nSPS) is 27.5. The van der Waals surface area contributed by atoms with Crippen LogP contribution < -0.4 is 11.3 Å². The summed E-state index contributed by atoms with van der Waals surface area (Å²) in [5, 5.41) is 37.5. The van der Waals surface area contributed by atoms with Crippen LogP contribution in [0.15, 0.2) is 23.8 Å². The highest BCUT2D eigenvalue weighted by atomic mass is 16.6. The Hall–Kier alpha value is -3.65. The summed E-state index contributed by atoms with van der Waals surface area (Å²) in [6.07, 6.45) is 6.06. The van der Waals surface area contributed by atoms with Crippen LogP contribution in [-0.2, 0) is 9.47 Å². The van der Waals surface area contributed by atoms with E-state index in [1.165, 1.54) is 17.2 Å². The Morgan fingerprint density at radius 1 is 1.14 bits per heavy atom. The Labute approximate surface area is 203 Å². The fraction of sp³-hybridized carbons (Fsp3) is 0.476. The largest absolute Gasteiger partial charge is 0.394 e. The summed E-state index contributed by atoms with van der Waals surface area (Å²) in [6, 6.07) is 0. The molecule has 3 aromatic rings. The van der Waals surface area contributed by atoms with E-state index in [4.69, 9.17) is 31.8 Å². The molecule has 3 aromatic heterocycles. The highest BCUT2D eigenvalue weighted by molar-refractivity contribution is 5.93. The first-order chi connectivity index (χ1) is 17.3. The number of aliphatic hydroxyl groups is 4. The lowest BCUT2D eigenvalue weighted by molar-refractivity contribution is -0.0531. The number of amides is 1. The molecule has 2 aliphatic rings. The summed E-state index contributed by atoms with van der Waals surface area (Å²) < 4.78 is 13.9. The number of nitrogens with one attached hydrogen (secondary N) is 1. The van der Waals surface area contributed by atoms with Crippen LogP contribution in [0.25, 0.3) is 11.2 Å². The summed E-state index contributed by atoms with van der Waals surface area (Å²) in [4.78, 5) is 37.0. The molecule has 15 heteroatoms. The van der Waals surface area contributed by atoms with Crippen molar-refractivity contribution >= 4 is 17.1 Å². The number of rotatable bonds is 5. The van der Waals surface area contributed by atoms with Gasteiger partial charge in [-0.3, -0.25) is 18.7 Å². The second-order valence-electron chi connectivity index (χ2n) is 8.11. The first-order valence-electron chi connectivity index (χ1n) is 10.9. The standard InChI is InChI=1S/C11H13N3O5.C10H12N4O3/c1-2-5-7(10(12)18)13-4-14(5)11-9(17)8(16)6(3-15)19-11;15-3-6-1-2-7(17-6)14-5-13-8-9(14)11-4-12-10(8)16/h1,4,6,8-9,11,15-17H,3H2,(H2,12,18);4-7,15H,1-3H2,(H,11,12,16)/t6-,8-,9-,11-;6-,7+/m10/s1. The second-order valence-corrected chi connectivity index (χ2v) is 8.11. The lowest BCUT2D eigenvalue weighted by Gasteiger charge is -2.17. The number of aromatic amines is 1. The monoisotopic (exact) mass is 503 g/mol. The lowest BCUT2D eigenvalue weighted by Crippen LogP contribution is -2.33. The number of H-pyrrole nitrogens is 1. The van der Waals surface area contributed by atoms with Crippen LogP contribution in [-0.4, -0.2) is 93.0 Å². The number of carbonyl (C=O) groups excluding carboxylic acids is 1. The number of hydrogen-bond donors (Lipinski definition) is 6. The minimum absolute atomic E-state index is 0.0111. The Balaban J connectivity index is 0.000000170. The number of imidazole rings is 2. The highest BCUT2D eigenvalue weighted by Gasteiger charge is 2.44. The topological polar surface area (TPSA) is 224 Å². The van der Waals surface area contributed by atoms with E-state index < -0.39 is 37.1 Å². The van der Waals surface area contributed by atoms with Crippen LogP contribution in [0.3, 0.4) is 0 Å². The smallest absolute Gasteiger partial charge is 0.278 e. The molecule has 1 amide bonds. The molecule has 0 saturated carbocycles. The molecular formula is C21H25N7O8. The number of nitrogens with two attached hydrogens (primary N) is 1. The van der Waals surface area contributed by atoms with Crippen molar-refractivity contribution in [3.63, 3.8) is 0 Å². The predicted octanol–water partition coefficient (Wildman–Crippen LogP) is -2.64. The third kappa shape index (κ3) is 4.60. The quantitative estimate of drug-likeness (QED) is 0.197. The van der Waals surface area contributed by atoms with Crippen molar-refractivity contribution in [2.24, 2.45) is 5.73 Å². The van der Waals surface area contributed by atoms with Gasteiger partial charge in [-0.15, -0.1) is 6.42 Å². The number of primary amides is 1. The van der Waals surface area contributed by atoms with Gasteiger partial charge in [0, 0.05) is 0 Å². The number of aromatic nitrogens is 6. The van der Waals surface area contributed by atoms with Gasteiger partial charge < -0.3 is 40.6 Å². The van der Waals surface area contributed by atoms with E-state index in [1.807, 2.05) is 0 Å². The molecule has 2 aliphatic heterocycles. The zero-order chi connectivity index (χ0) is 26.0. The van der Waals surface area contributed by atoms with Crippen LogP contribution in [0, 0.1) is 12.3 Å². The van der Waals surface area contributed by atoms with Crippen LogP contribution in [0.1, 0.15) is 41.5 Å². The van der Waals surface area contributed by atoms with Gasteiger partial charge in [0.25, 0.3) is 11.5 Å². The average Bonchev–Trinajstić information content (AvgIpc) is 3.65. The number of terminal acetylenes is 1. The van der Waals surface area contributed by atoms with Crippen LogP contribution in [0.4, 0.5) is 0 Å². The molecule has 0 spiro atoms. The molecule has 6 atom stereocenters. The molecule has 2 fully saturated rings. The van der Waals surface area contributed by atoms with Gasteiger partial charge in [0.2, 0.25) is 0 Å². The van der Waals surface area contributed by atoms with Crippen molar-refractivity contribution in [1.29, 1.82) is 0 Å². The molecule has 0 unspecified atom stereocenters. The minimum Gasteiger partial charge on any atom is -0.394 e. The van der Waals surface area contributed by atoms with E-state index in [9.17, 15) is 19.8 Å². The molecule has 0 radical (unpaired) electrons. The van der Waals surface area contributed by atoms with Crippen molar-refractivity contribution in [2.75, 3.05) is 13.2 Å². The van der Waals surface area contributed by atoms with Gasteiger partial charge in [-0.25, -0.2) is 15.0 Å². The summed E-state index contributed by atoms with van der Waals surface area (Å²) in [7, 11) is 0. The van der Waals surface area contributed by atoms with Crippen LogP contribution >= 0.6 is 0 Å².